The third-order valence-electron chi connectivity index (χ3n) is 8.84. The fraction of sp³-hybridized carbons (Fsp3) is 0.235. The Bertz CT molecular complexity index is 1490. The molecule has 0 amide bonds. The molecule has 0 aromatic heterocycles. The minimum Gasteiger partial charge on any atom is -0.399 e. The molecule has 3 aliphatic carbocycles. The first-order chi connectivity index (χ1) is 18.3. The van der Waals surface area contributed by atoms with Gasteiger partial charge in [-0.3, -0.25) is 0 Å². The van der Waals surface area contributed by atoms with Crippen molar-refractivity contribution in [2.24, 2.45) is 0 Å². The molecular weight excluding hydrogens is 482 g/mol. The summed E-state index contributed by atoms with van der Waals surface area (Å²) in [6, 6.07) is 26.8. The van der Waals surface area contributed by atoms with Crippen LogP contribution in [0.4, 0.5) is 0 Å². The van der Waals surface area contributed by atoms with Crippen molar-refractivity contribution in [1.82, 2.24) is 0 Å². The minimum atomic E-state index is -0.687. The summed E-state index contributed by atoms with van der Waals surface area (Å²) in [6.07, 6.45) is 12.6. The van der Waals surface area contributed by atoms with Gasteiger partial charge in [-0.25, -0.2) is 0 Å². The van der Waals surface area contributed by atoms with Gasteiger partial charge in [0.25, 0.3) is 0 Å². The van der Waals surface area contributed by atoms with Gasteiger partial charge in [0.1, 0.15) is 0 Å². The van der Waals surface area contributed by atoms with E-state index in [4.69, 9.17) is 9.31 Å². The number of benzene rings is 3. The van der Waals surface area contributed by atoms with Crippen LogP contribution in [0.15, 0.2) is 114 Å². The van der Waals surface area contributed by atoms with E-state index in [2.05, 4.69) is 131 Å². The van der Waals surface area contributed by atoms with E-state index in [1.165, 1.54) is 49.2 Å². The highest BCUT2D eigenvalue weighted by Gasteiger charge is 2.54. The van der Waals surface area contributed by atoms with Crippen LogP contribution in [0.2, 0.25) is 0 Å². The minimum absolute atomic E-state index is 0.223. The van der Waals surface area contributed by atoms with E-state index in [1.807, 2.05) is 0 Å². The van der Waals surface area contributed by atoms with Crippen molar-refractivity contribution >= 4 is 37.0 Å². The SMILES string of the molecule is CC1(C)OB(C2=CC=C3C=Cc4c(P(c5ccccc5)c5ccccc5)ccc5c4C3C2=CC5)OC1(C)C. The van der Waals surface area contributed by atoms with Crippen LogP contribution in [0.3, 0.4) is 0 Å². The van der Waals surface area contributed by atoms with E-state index in [0.717, 1.165) is 6.42 Å². The standard InChI is InChI=1S/C34H32BO2P/c1-33(2)34(3,4)37-35(36-33)29-21-17-23-16-20-28-30(22-18-24-15-19-27(29)31(23)32(24)28)38(25-11-7-5-8-12-25)26-13-9-6-10-14-26/h5-14,16-22,31H,15H2,1-4H3. The third-order valence-corrected chi connectivity index (χ3v) is 11.3. The third kappa shape index (κ3) is 3.68. The maximum Gasteiger partial charge on any atom is 0.495 e. The second-order valence-electron chi connectivity index (χ2n) is 11.6. The van der Waals surface area contributed by atoms with Crippen molar-refractivity contribution in [3.63, 3.8) is 0 Å². The lowest BCUT2D eigenvalue weighted by molar-refractivity contribution is 0.00578. The Balaban J connectivity index is 1.36. The second kappa shape index (κ2) is 8.78. The summed E-state index contributed by atoms with van der Waals surface area (Å²) >= 11 is 0. The van der Waals surface area contributed by atoms with Gasteiger partial charge in [-0.05, 0) is 91.3 Å². The summed E-state index contributed by atoms with van der Waals surface area (Å²) in [5, 5.41) is 4.19. The molecule has 3 aromatic rings. The molecule has 0 N–H and O–H groups in total. The molecule has 1 atom stereocenters. The average molecular weight is 514 g/mol. The number of rotatable bonds is 4. The van der Waals surface area contributed by atoms with Gasteiger partial charge in [-0.1, -0.05) is 103 Å². The van der Waals surface area contributed by atoms with E-state index < -0.39 is 7.92 Å². The van der Waals surface area contributed by atoms with Gasteiger partial charge in [-0.15, -0.1) is 0 Å². The van der Waals surface area contributed by atoms with Gasteiger partial charge in [0.15, 0.2) is 0 Å². The quantitative estimate of drug-likeness (QED) is 0.291. The van der Waals surface area contributed by atoms with Crippen LogP contribution >= 0.6 is 7.92 Å². The Hall–Kier alpha value is -2.97. The molecule has 0 saturated carbocycles. The summed E-state index contributed by atoms with van der Waals surface area (Å²) in [5.41, 5.74) is 7.44. The molecule has 3 aromatic carbocycles. The van der Waals surface area contributed by atoms with Crippen molar-refractivity contribution in [2.45, 2.75) is 51.2 Å². The van der Waals surface area contributed by atoms with Gasteiger partial charge in [0.05, 0.1) is 11.2 Å². The maximum absolute atomic E-state index is 6.53. The van der Waals surface area contributed by atoms with Crippen molar-refractivity contribution in [1.29, 1.82) is 0 Å². The van der Waals surface area contributed by atoms with Crippen LogP contribution in [0.25, 0.3) is 6.08 Å². The Labute approximate surface area is 227 Å². The number of allylic oxidation sites excluding steroid dienone is 7. The normalized spacial score (nSPS) is 22.1. The molecule has 4 aliphatic rings. The Morgan fingerprint density at radius 1 is 0.763 bits per heavy atom. The first-order valence-electron chi connectivity index (χ1n) is 13.6. The highest BCUT2D eigenvalue weighted by molar-refractivity contribution is 7.80. The molecule has 1 unspecified atom stereocenters. The predicted octanol–water partition coefficient (Wildman–Crippen LogP) is 6.54. The summed E-state index contributed by atoms with van der Waals surface area (Å²) in [4.78, 5) is 0. The number of hydrogen-bond acceptors (Lipinski definition) is 2. The highest BCUT2D eigenvalue weighted by atomic mass is 31.1. The van der Waals surface area contributed by atoms with Gasteiger partial charge >= 0.3 is 7.12 Å². The first kappa shape index (κ1) is 24.1. The Morgan fingerprint density at radius 2 is 1.39 bits per heavy atom. The number of hydrogen-bond donors (Lipinski definition) is 0. The highest BCUT2D eigenvalue weighted by Crippen LogP contribution is 2.51. The molecule has 7 rings (SSSR count). The fourth-order valence-corrected chi connectivity index (χ4v) is 8.61. The van der Waals surface area contributed by atoms with Crippen LogP contribution < -0.4 is 15.9 Å². The van der Waals surface area contributed by atoms with E-state index in [0.29, 0.717) is 0 Å². The summed E-state index contributed by atoms with van der Waals surface area (Å²) in [7, 11) is -1.04. The molecule has 0 radical (unpaired) electrons. The lowest BCUT2D eigenvalue weighted by atomic mass is 9.61. The fourth-order valence-electron chi connectivity index (χ4n) is 6.16. The van der Waals surface area contributed by atoms with E-state index in [1.54, 1.807) is 0 Å². The second-order valence-corrected chi connectivity index (χ2v) is 13.8. The molecule has 1 aliphatic heterocycles. The van der Waals surface area contributed by atoms with Crippen LogP contribution in [-0.4, -0.2) is 18.3 Å². The molecule has 188 valence electrons. The van der Waals surface area contributed by atoms with Crippen LogP contribution in [0.1, 0.15) is 50.3 Å². The van der Waals surface area contributed by atoms with E-state index >= 15 is 0 Å². The summed E-state index contributed by atoms with van der Waals surface area (Å²) in [6.45, 7) is 8.52. The lowest BCUT2D eigenvalue weighted by Gasteiger charge is -2.37. The molecular formula is C34H32BO2P. The monoisotopic (exact) mass is 514 g/mol. The van der Waals surface area contributed by atoms with Crippen LogP contribution in [0, 0.1) is 0 Å². The summed E-state index contributed by atoms with van der Waals surface area (Å²) in [5.74, 6) is 0.223. The predicted molar refractivity (Wildman–Crippen MR) is 161 cm³/mol. The van der Waals surface area contributed by atoms with Crippen LogP contribution in [-0.2, 0) is 15.7 Å². The van der Waals surface area contributed by atoms with Crippen molar-refractivity contribution in [3.8, 4) is 0 Å². The van der Waals surface area contributed by atoms with Gasteiger partial charge in [0.2, 0.25) is 0 Å². The Kier molecular flexibility index (Phi) is 5.57. The molecule has 4 heteroatoms. The van der Waals surface area contributed by atoms with E-state index in [-0.39, 0.29) is 24.2 Å². The zero-order chi connectivity index (χ0) is 26.1. The van der Waals surface area contributed by atoms with Crippen molar-refractivity contribution < 1.29 is 9.31 Å². The molecule has 38 heavy (non-hydrogen) atoms. The largest absolute Gasteiger partial charge is 0.495 e. The molecule has 1 saturated heterocycles. The maximum atomic E-state index is 6.53. The first-order valence-corrected chi connectivity index (χ1v) is 14.9. The van der Waals surface area contributed by atoms with Crippen molar-refractivity contribution in [3.05, 3.63) is 130 Å². The lowest BCUT2D eigenvalue weighted by Crippen LogP contribution is -2.41. The molecule has 1 heterocycles. The van der Waals surface area contributed by atoms with Gasteiger partial charge in [-0.2, -0.15) is 0 Å². The smallest absolute Gasteiger partial charge is 0.399 e. The van der Waals surface area contributed by atoms with Crippen LogP contribution in [0.5, 0.6) is 0 Å². The topological polar surface area (TPSA) is 18.5 Å². The molecule has 0 bridgehead atoms. The Morgan fingerprint density at radius 3 is 2.03 bits per heavy atom. The van der Waals surface area contributed by atoms with Gasteiger partial charge < -0.3 is 9.31 Å². The molecule has 2 nitrogen and oxygen atoms in total. The van der Waals surface area contributed by atoms with E-state index in [9.17, 15) is 0 Å². The average Bonchev–Trinajstić information content (AvgIpc) is 3.15. The zero-order valence-electron chi connectivity index (χ0n) is 22.4. The molecule has 1 fully saturated rings. The van der Waals surface area contributed by atoms with Gasteiger partial charge in [0, 0.05) is 5.92 Å². The van der Waals surface area contributed by atoms with Crippen molar-refractivity contribution in [2.75, 3.05) is 0 Å². The summed E-state index contributed by atoms with van der Waals surface area (Å²) < 4.78 is 13.1. The zero-order valence-corrected chi connectivity index (χ0v) is 23.3. The molecule has 0 spiro atoms.